The van der Waals surface area contributed by atoms with Crippen LogP contribution in [0.5, 0.6) is 0 Å². The smallest absolute Gasteiger partial charge is 0.160 e. The van der Waals surface area contributed by atoms with Crippen molar-refractivity contribution in [2.24, 2.45) is 5.92 Å². The van der Waals surface area contributed by atoms with Gasteiger partial charge in [0.1, 0.15) is 11.3 Å². The molecule has 2 saturated heterocycles. The number of pyridine rings is 1. The lowest BCUT2D eigenvalue weighted by atomic mass is 9.97. The molecular formula is C18H27N5. The van der Waals surface area contributed by atoms with Crippen molar-refractivity contribution in [3.05, 3.63) is 24.2 Å². The zero-order chi connectivity index (χ0) is 15.6. The average Bonchev–Trinajstić information content (AvgIpc) is 3.24. The van der Waals surface area contributed by atoms with Gasteiger partial charge in [-0.15, -0.1) is 0 Å². The maximum absolute atomic E-state index is 5.00. The summed E-state index contributed by atoms with van der Waals surface area (Å²) in [6.45, 7) is 9.10. The van der Waals surface area contributed by atoms with Crippen LogP contribution in [-0.2, 0) is 6.54 Å². The van der Waals surface area contributed by atoms with E-state index in [1.54, 1.807) is 0 Å². The van der Waals surface area contributed by atoms with E-state index in [2.05, 4.69) is 32.8 Å². The molecule has 1 N–H and O–H groups in total. The number of fused-ring (bicyclic) bond motifs is 1. The van der Waals surface area contributed by atoms with Crippen molar-refractivity contribution in [3.8, 4) is 0 Å². The van der Waals surface area contributed by atoms with Crippen molar-refractivity contribution >= 4 is 11.2 Å². The Morgan fingerprint density at radius 1 is 1.35 bits per heavy atom. The first-order chi connectivity index (χ1) is 11.3. The Morgan fingerprint density at radius 2 is 2.30 bits per heavy atom. The quantitative estimate of drug-likeness (QED) is 0.940. The van der Waals surface area contributed by atoms with Crippen LogP contribution in [0.25, 0.3) is 11.2 Å². The van der Waals surface area contributed by atoms with Crippen molar-refractivity contribution < 1.29 is 0 Å². The van der Waals surface area contributed by atoms with E-state index >= 15 is 0 Å². The molecule has 2 fully saturated rings. The normalized spacial score (nSPS) is 26.1. The van der Waals surface area contributed by atoms with Crippen molar-refractivity contribution in [2.45, 2.75) is 38.6 Å². The molecule has 5 nitrogen and oxygen atoms in total. The Labute approximate surface area is 138 Å². The van der Waals surface area contributed by atoms with Gasteiger partial charge in [0.25, 0.3) is 0 Å². The highest BCUT2D eigenvalue weighted by molar-refractivity contribution is 5.71. The third kappa shape index (κ3) is 3.00. The first-order valence-corrected chi connectivity index (χ1v) is 9.09. The number of imidazole rings is 1. The molecule has 5 heteroatoms. The molecular weight excluding hydrogens is 286 g/mol. The molecule has 124 valence electrons. The lowest BCUT2D eigenvalue weighted by Crippen LogP contribution is -2.35. The topological polar surface area (TPSA) is 46.0 Å². The molecule has 0 aromatic carbocycles. The molecule has 2 atom stereocenters. The summed E-state index contributed by atoms with van der Waals surface area (Å²) in [5, 5.41) is 3.49. The van der Waals surface area contributed by atoms with Crippen molar-refractivity contribution in [1.82, 2.24) is 24.8 Å². The van der Waals surface area contributed by atoms with Gasteiger partial charge < -0.3 is 14.8 Å². The molecule has 2 aliphatic heterocycles. The number of likely N-dealkylation sites (tertiary alicyclic amines) is 1. The van der Waals surface area contributed by atoms with Gasteiger partial charge in [0, 0.05) is 25.2 Å². The average molecular weight is 313 g/mol. The predicted octanol–water partition coefficient (Wildman–Crippen LogP) is 2.24. The van der Waals surface area contributed by atoms with Gasteiger partial charge in [-0.1, -0.05) is 6.92 Å². The molecule has 23 heavy (non-hydrogen) atoms. The number of rotatable bonds is 4. The molecule has 0 radical (unpaired) electrons. The minimum Gasteiger partial charge on any atom is -0.316 e. The van der Waals surface area contributed by atoms with Gasteiger partial charge in [-0.2, -0.15) is 0 Å². The van der Waals surface area contributed by atoms with Crippen LogP contribution in [0, 0.1) is 5.92 Å². The minimum atomic E-state index is 0.548. The lowest BCUT2D eigenvalue weighted by Gasteiger charge is -2.32. The predicted molar refractivity (Wildman–Crippen MR) is 92.6 cm³/mol. The summed E-state index contributed by atoms with van der Waals surface area (Å²) in [7, 11) is 0. The van der Waals surface area contributed by atoms with Crippen LogP contribution in [0.3, 0.4) is 0 Å². The van der Waals surface area contributed by atoms with Gasteiger partial charge in [-0.05, 0) is 63.5 Å². The number of hydrogen-bond donors (Lipinski definition) is 1. The van der Waals surface area contributed by atoms with Crippen LogP contribution in [0.4, 0.5) is 0 Å². The molecule has 2 aliphatic rings. The van der Waals surface area contributed by atoms with Gasteiger partial charge in [0.05, 0.1) is 0 Å². The SMILES string of the molecule is CCN1CCCC(c2nc3cccnc3n2CC2CCNC2)C1. The van der Waals surface area contributed by atoms with E-state index in [4.69, 9.17) is 4.98 Å². The Kier molecular flexibility index (Phi) is 4.31. The number of hydrogen-bond acceptors (Lipinski definition) is 4. The molecule has 2 aromatic rings. The monoisotopic (exact) mass is 313 g/mol. The second kappa shape index (κ2) is 6.57. The van der Waals surface area contributed by atoms with Gasteiger partial charge in [-0.25, -0.2) is 9.97 Å². The van der Waals surface area contributed by atoms with E-state index in [1.807, 2.05) is 12.3 Å². The number of aromatic nitrogens is 3. The van der Waals surface area contributed by atoms with E-state index in [-0.39, 0.29) is 0 Å². The lowest BCUT2D eigenvalue weighted by molar-refractivity contribution is 0.211. The van der Waals surface area contributed by atoms with Crippen molar-refractivity contribution in [3.63, 3.8) is 0 Å². The van der Waals surface area contributed by atoms with Gasteiger partial charge in [-0.3, -0.25) is 0 Å². The molecule has 4 heterocycles. The standard InChI is InChI=1S/C18H27N5/c1-2-22-10-4-5-15(13-22)17-21-16-6-3-8-20-18(16)23(17)12-14-7-9-19-11-14/h3,6,8,14-15,19H,2,4-5,7,9-13H2,1H3. The first-order valence-electron chi connectivity index (χ1n) is 9.09. The maximum Gasteiger partial charge on any atom is 0.160 e. The molecule has 0 aliphatic carbocycles. The van der Waals surface area contributed by atoms with Crippen LogP contribution < -0.4 is 5.32 Å². The fourth-order valence-corrected chi connectivity index (χ4v) is 4.15. The highest BCUT2D eigenvalue weighted by Crippen LogP contribution is 2.29. The Balaban J connectivity index is 1.69. The number of likely N-dealkylation sites (N-methyl/N-ethyl adjacent to an activating group) is 1. The molecule has 0 saturated carbocycles. The van der Waals surface area contributed by atoms with Crippen LogP contribution in [0.2, 0.25) is 0 Å². The van der Waals surface area contributed by atoms with E-state index in [1.165, 1.54) is 31.6 Å². The van der Waals surface area contributed by atoms with E-state index < -0.39 is 0 Å². The molecule has 4 rings (SSSR count). The second-order valence-corrected chi connectivity index (χ2v) is 7.02. The molecule has 0 spiro atoms. The third-order valence-corrected chi connectivity index (χ3v) is 5.45. The van der Waals surface area contributed by atoms with Crippen LogP contribution in [-0.4, -0.2) is 52.2 Å². The van der Waals surface area contributed by atoms with Crippen LogP contribution >= 0.6 is 0 Å². The van der Waals surface area contributed by atoms with E-state index in [0.717, 1.165) is 43.9 Å². The largest absolute Gasteiger partial charge is 0.316 e. The zero-order valence-electron chi connectivity index (χ0n) is 14.0. The van der Waals surface area contributed by atoms with Gasteiger partial charge >= 0.3 is 0 Å². The summed E-state index contributed by atoms with van der Waals surface area (Å²) in [6.07, 6.45) is 5.69. The molecule has 0 bridgehead atoms. The number of nitrogens with zero attached hydrogens (tertiary/aromatic N) is 4. The Hall–Kier alpha value is -1.46. The maximum atomic E-state index is 5.00. The van der Waals surface area contributed by atoms with Gasteiger partial charge in [0.15, 0.2) is 5.65 Å². The summed E-state index contributed by atoms with van der Waals surface area (Å²) >= 11 is 0. The zero-order valence-corrected chi connectivity index (χ0v) is 14.0. The highest BCUT2D eigenvalue weighted by atomic mass is 15.2. The summed E-state index contributed by atoms with van der Waals surface area (Å²) in [4.78, 5) is 12.2. The number of nitrogens with one attached hydrogen (secondary N) is 1. The van der Waals surface area contributed by atoms with E-state index in [9.17, 15) is 0 Å². The summed E-state index contributed by atoms with van der Waals surface area (Å²) in [5.74, 6) is 2.52. The fourth-order valence-electron chi connectivity index (χ4n) is 4.15. The molecule has 2 unspecified atom stereocenters. The Bertz CT molecular complexity index is 658. The third-order valence-electron chi connectivity index (χ3n) is 5.45. The van der Waals surface area contributed by atoms with Gasteiger partial charge in [0.2, 0.25) is 0 Å². The Morgan fingerprint density at radius 3 is 3.13 bits per heavy atom. The van der Waals surface area contributed by atoms with Crippen molar-refractivity contribution in [1.29, 1.82) is 0 Å². The summed E-state index contributed by atoms with van der Waals surface area (Å²) in [5.41, 5.74) is 2.13. The van der Waals surface area contributed by atoms with Crippen molar-refractivity contribution in [2.75, 3.05) is 32.7 Å². The summed E-state index contributed by atoms with van der Waals surface area (Å²) in [6, 6.07) is 4.11. The highest BCUT2D eigenvalue weighted by Gasteiger charge is 2.27. The fraction of sp³-hybridized carbons (Fsp3) is 0.667. The summed E-state index contributed by atoms with van der Waals surface area (Å²) < 4.78 is 2.43. The first kappa shape index (κ1) is 15.1. The van der Waals surface area contributed by atoms with E-state index in [0.29, 0.717) is 11.8 Å². The molecule has 2 aromatic heterocycles. The second-order valence-electron chi connectivity index (χ2n) is 7.02. The molecule has 0 amide bonds. The minimum absolute atomic E-state index is 0.548. The van der Waals surface area contributed by atoms with Crippen LogP contribution in [0.15, 0.2) is 18.3 Å². The number of piperidine rings is 1. The van der Waals surface area contributed by atoms with Crippen LogP contribution in [0.1, 0.15) is 37.9 Å².